The summed E-state index contributed by atoms with van der Waals surface area (Å²) in [5, 5.41) is 13.2. The van der Waals surface area contributed by atoms with Crippen LogP contribution >= 0.6 is 0 Å². The predicted octanol–water partition coefficient (Wildman–Crippen LogP) is 4.66. The summed E-state index contributed by atoms with van der Waals surface area (Å²) in [6, 6.07) is 0. The van der Waals surface area contributed by atoms with Crippen molar-refractivity contribution in [2.45, 2.75) is 90.4 Å². The summed E-state index contributed by atoms with van der Waals surface area (Å²) in [6.07, 6.45) is 17.5. The predicted molar refractivity (Wildman–Crippen MR) is 88.1 cm³/mol. The molecule has 0 aromatic carbocycles. The monoisotopic (exact) mass is 283 g/mol. The van der Waals surface area contributed by atoms with E-state index < -0.39 is 0 Å². The lowest BCUT2D eigenvalue weighted by molar-refractivity contribution is 0.0814. The third-order valence-corrected chi connectivity index (χ3v) is 4.96. The van der Waals surface area contributed by atoms with Gasteiger partial charge in [0.1, 0.15) is 0 Å². The van der Waals surface area contributed by atoms with Crippen LogP contribution in [0.15, 0.2) is 0 Å². The maximum absolute atomic E-state index is 9.65. The highest BCUT2D eigenvalue weighted by Crippen LogP contribution is 2.35. The highest BCUT2D eigenvalue weighted by molar-refractivity contribution is 4.84. The van der Waals surface area contributed by atoms with E-state index >= 15 is 0 Å². The fourth-order valence-electron chi connectivity index (χ4n) is 3.43. The Kier molecular flexibility index (Phi) is 10.4. The van der Waals surface area contributed by atoms with Crippen molar-refractivity contribution in [1.29, 1.82) is 0 Å². The molecule has 0 spiro atoms. The first-order valence-electron chi connectivity index (χ1n) is 9.14. The summed E-state index contributed by atoms with van der Waals surface area (Å²) >= 11 is 0. The van der Waals surface area contributed by atoms with Gasteiger partial charge in [-0.3, -0.25) is 0 Å². The molecule has 20 heavy (non-hydrogen) atoms. The summed E-state index contributed by atoms with van der Waals surface area (Å²) in [4.78, 5) is 0. The average Bonchev–Trinajstić information content (AvgIpc) is 2.50. The lowest BCUT2D eigenvalue weighted by Crippen LogP contribution is -2.39. The third kappa shape index (κ3) is 7.64. The van der Waals surface area contributed by atoms with Gasteiger partial charge in [0.15, 0.2) is 0 Å². The van der Waals surface area contributed by atoms with Gasteiger partial charge in [-0.05, 0) is 25.8 Å². The highest BCUT2D eigenvalue weighted by Gasteiger charge is 2.30. The van der Waals surface area contributed by atoms with Crippen molar-refractivity contribution in [3.63, 3.8) is 0 Å². The molecule has 1 aliphatic carbocycles. The first kappa shape index (κ1) is 18.0. The van der Waals surface area contributed by atoms with Crippen LogP contribution in [0.25, 0.3) is 0 Å². The number of hydrogen-bond donors (Lipinski definition) is 2. The molecule has 0 radical (unpaired) electrons. The molecule has 1 fully saturated rings. The van der Waals surface area contributed by atoms with E-state index in [-0.39, 0.29) is 5.41 Å². The molecular formula is C18H37NO. The van der Waals surface area contributed by atoms with Crippen LogP contribution in [0, 0.1) is 5.41 Å². The van der Waals surface area contributed by atoms with E-state index in [9.17, 15) is 5.11 Å². The number of nitrogens with one attached hydrogen (secondary N) is 1. The lowest BCUT2D eigenvalue weighted by atomic mass is 9.74. The van der Waals surface area contributed by atoms with Crippen molar-refractivity contribution >= 4 is 0 Å². The quantitative estimate of drug-likeness (QED) is 0.511. The molecule has 1 aliphatic rings. The van der Waals surface area contributed by atoms with Crippen molar-refractivity contribution in [2.75, 3.05) is 19.7 Å². The van der Waals surface area contributed by atoms with Gasteiger partial charge in [0.2, 0.25) is 0 Å². The Bertz CT molecular complexity index is 211. The topological polar surface area (TPSA) is 32.3 Å². The average molecular weight is 284 g/mol. The molecular weight excluding hydrogens is 246 g/mol. The van der Waals surface area contributed by atoms with Crippen molar-refractivity contribution in [3.8, 4) is 0 Å². The minimum atomic E-state index is 0.207. The highest BCUT2D eigenvalue weighted by atomic mass is 16.3. The van der Waals surface area contributed by atoms with Gasteiger partial charge < -0.3 is 10.4 Å². The van der Waals surface area contributed by atoms with E-state index in [0.29, 0.717) is 6.61 Å². The molecule has 0 aromatic rings. The van der Waals surface area contributed by atoms with E-state index in [1.54, 1.807) is 0 Å². The molecule has 0 aromatic heterocycles. The van der Waals surface area contributed by atoms with Crippen molar-refractivity contribution < 1.29 is 5.11 Å². The fourth-order valence-corrected chi connectivity index (χ4v) is 3.43. The van der Waals surface area contributed by atoms with Crippen LogP contribution in [0.5, 0.6) is 0 Å². The maximum atomic E-state index is 9.65. The first-order valence-corrected chi connectivity index (χ1v) is 9.14. The summed E-state index contributed by atoms with van der Waals surface area (Å²) in [5.41, 5.74) is 0.207. The molecule has 1 saturated carbocycles. The van der Waals surface area contributed by atoms with E-state index in [0.717, 1.165) is 13.1 Å². The third-order valence-electron chi connectivity index (χ3n) is 4.96. The van der Waals surface area contributed by atoms with Crippen molar-refractivity contribution in [2.24, 2.45) is 5.41 Å². The normalized spacial score (nSPS) is 18.3. The van der Waals surface area contributed by atoms with E-state index in [2.05, 4.69) is 12.2 Å². The van der Waals surface area contributed by atoms with E-state index in [4.69, 9.17) is 0 Å². The van der Waals surface area contributed by atoms with E-state index in [1.807, 2.05) is 0 Å². The Hall–Kier alpha value is -0.0800. The molecule has 2 N–H and O–H groups in total. The molecule has 0 heterocycles. The maximum Gasteiger partial charge on any atom is 0.0499 e. The molecule has 0 saturated heterocycles. The van der Waals surface area contributed by atoms with E-state index in [1.165, 1.54) is 83.5 Å². The second kappa shape index (κ2) is 11.6. The molecule has 2 nitrogen and oxygen atoms in total. The molecule has 120 valence electrons. The van der Waals surface area contributed by atoms with Crippen LogP contribution in [0.1, 0.15) is 90.4 Å². The minimum Gasteiger partial charge on any atom is -0.396 e. The van der Waals surface area contributed by atoms with Crippen molar-refractivity contribution in [1.82, 2.24) is 5.32 Å². The van der Waals surface area contributed by atoms with Crippen LogP contribution < -0.4 is 5.32 Å². The van der Waals surface area contributed by atoms with Gasteiger partial charge in [-0.1, -0.05) is 71.1 Å². The number of unbranched alkanes of at least 4 members (excludes halogenated alkanes) is 7. The van der Waals surface area contributed by atoms with Gasteiger partial charge in [-0.25, -0.2) is 0 Å². The molecule has 2 heteroatoms. The molecule has 1 rings (SSSR count). The van der Waals surface area contributed by atoms with Gasteiger partial charge in [0.05, 0.1) is 0 Å². The van der Waals surface area contributed by atoms with Crippen LogP contribution in [-0.4, -0.2) is 24.8 Å². The Morgan fingerprint density at radius 1 is 0.850 bits per heavy atom. The zero-order chi connectivity index (χ0) is 14.5. The molecule has 0 unspecified atom stereocenters. The summed E-state index contributed by atoms with van der Waals surface area (Å²) in [7, 11) is 0. The summed E-state index contributed by atoms with van der Waals surface area (Å²) in [5.74, 6) is 0. The van der Waals surface area contributed by atoms with Gasteiger partial charge >= 0.3 is 0 Å². The van der Waals surface area contributed by atoms with Crippen LogP contribution in [0.3, 0.4) is 0 Å². The zero-order valence-corrected chi connectivity index (χ0v) is 13.8. The van der Waals surface area contributed by atoms with Crippen LogP contribution in [0.2, 0.25) is 0 Å². The van der Waals surface area contributed by atoms with Crippen LogP contribution in [0.4, 0.5) is 0 Å². The van der Waals surface area contributed by atoms with Crippen LogP contribution in [-0.2, 0) is 0 Å². The Morgan fingerprint density at radius 2 is 1.45 bits per heavy atom. The zero-order valence-electron chi connectivity index (χ0n) is 13.8. The lowest BCUT2D eigenvalue weighted by Gasteiger charge is -2.35. The van der Waals surface area contributed by atoms with Gasteiger partial charge in [-0.2, -0.15) is 0 Å². The largest absolute Gasteiger partial charge is 0.396 e. The number of aliphatic hydroxyl groups is 1. The van der Waals surface area contributed by atoms with Gasteiger partial charge in [0.25, 0.3) is 0 Å². The Balaban J connectivity index is 1.91. The Labute approximate surface area is 126 Å². The fraction of sp³-hybridized carbons (Fsp3) is 1.00. The molecule has 0 amide bonds. The molecule has 0 atom stereocenters. The number of rotatable bonds is 12. The second-order valence-corrected chi connectivity index (χ2v) is 6.87. The first-order chi connectivity index (χ1) is 9.83. The summed E-state index contributed by atoms with van der Waals surface area (Å²) in [6.45, 7) is 4.81. The standard InChI is InChI=1S/C18H37NO/c1-2-3-4-5-6-7-8-12-15-19-16-18(17-20)13-10-9-11-14-18/h19-20H,2-17H2,1H3. The molecule has 0 aliphatic heterocycles. The Morgan fingerprint density at radius 3 is 2.05 bits per heavy atom. The van der Waals surface area contributed by atoms with Crippen molar-refractivity contribution in [3.05, 3.63) is 0 Å². The van der Waals surface area contributed by atoms with Gasteiger partial charge in [-0.15, -0.1) is 0 Å². The minimum absolute atomic E-state index is 0.207. The van der Waals surface area contributed by atoms with Gasteiger partial charge in [0, 0.05) is 18.6 Å². The SMILES string of the molecule is CCCCCCCCCCNCC1(CO)CCCCC1. The number of aliphatic hydroxyl groups excluding tert-OH is 1. The smallest absolute Gasteiger partial charge is 0.0499 e. The number of hydrogen-bond acceptors (Lipinski definition) is 2. The second-order valence-electron chi connectivity index (χ2n) is 6.87. The summed E-state index contributed by atoms with van der Waals surface area (Å²) < 4.78 is 0. The molecule has 0 bridgehead atoms.